The Hall–Kier alpha value is -0.510. The van der Waals surface area contributed by atoms with Gasteiger partial charge in [-0.3, -0.25) is 0 Å². The van der Waals surface area contributed by atoms with E-state index in [1.165, 1.54) is 11.1 Å². The Morgan fingerprint density at radius 2 is 1.84 bits per heavy atom. The van der Waals surface area contributed by atoms with E-state index in [2.05, 4.69) is 45.0 Å². The van der Waals surface area contributed by atoms with Gasteiger partial charge in [0.1, 0.15) is 0 Å². The maximum Gasteiger partial charge on any atom is 0.0470 e. The molecule has 108 valence electrons. The molecule has 0 saturated carbocycles. The van der Waals surface area contributed by atoms with Crippen molar-refractivity contribution in [3.8, 4) is 0 Å². The van der Waals surface area contributed by atoms with E-state index < -0.39 is 0 Å². The number of hydrogen-bond acceptors (Lipinski definition) is 3. The number of rotatable bonds is 7. The summed E-state index contributed by atoms with van der Waals surface area (Å²) in [7, 11) is 1.74. The minimum absolute atomic E-state index is 0.126. The first-order valence-electron chi connectivity index (χ1n) is 6.88. The Kier molecular flexibility index (Phi) is 6.90. The Balaban J connectivity index is 2.42. The van der Waals surface area contributed by atoms with E-state index in [4.69, 9.17) is 10.5 Å². The lowest BCUT2D eigenvalue weighted by atomic mass is 9.86. The first-order chi connectivity index (χ1) is 8.95. The highest BCUT2D eigenvalue weighted by Crippen LogP contribution is 2.24. The van der Waals surface area contributed by atoms with Crippen LogP contribution in [0.25, 0.3) is 0 Å². The quantitative estimate of drug-likeness (QED) is 0.773. The summed E-state index contributed by atoms with van der Waals surface area (Å²) in [6, 6.07) is 8.86. The molecule has 3 heteroatoms. The molecule has 0 bridgehead atoms. The highest BCUT2D eigenvalue weighted by Gasteiger charge is 2.14. The molecule has 0 radical (unpaired) electrons. The third-order valence-electron chi connectivity index (χ3n) is 3.14. The fourth-order valence-electron chi connectivity index (χ4n) is 1.84. The Bertz CT molecular complexity index is 356. The second kappa shape index (κ2) is 7.93. The minimum atomic E-state index is 0.126. The van der Waals surface area contributed by atoms with Crippen molar-refractivity contribution in [1.29, 1.82) is 0 Å². The molecule has 1 aromatic carbocycles. The van der Waals surface area contributed by atoms with Gasteiger partial charge in [0.2, 0.25) is 0 Å². The van der Waals surface area contributed by atoms with Gasteiger partial charge in [-0.1, -0.05) is 45.0 Å². The van der Waals surface area contributed by atoms with Crippen LogP contribution < -0.4 is 5.73 Å². The highest BCUT2D eigenvalue weighted by atomic mass is 32.2. The van der Waals surface area contributed by atoms with Crippen LogP contribution in [0.4, 0.5) is 0 Å². The van der Waals surface area contributed by atoms with E-state index in [1.807, 2.05) is 11.8 Å². The lowest BCUT2D eigenvalue weighted by molar-refractivity contribution is 0.200. The summed E-state index contributed by atoms with van der Waals surface area (Å²) in [6.07, 6.45) is 1.09. The van der Waals surface area contributed by atoms with E-state index in [0.29, 0.717) is 0 Å². The van der Waals surface area contributed by atoms with Gasteiger partial charge in [0, 0.05) is 25.5 Å². The summed E-state index contributed by atoms with van der Waals surface area (Å²) in [5.41, 5.74) is 9.01. The van der Waals surface area contributed by atoms with Crippen molar-refractivity contribution in [1.82, 2.24) is 0 Å². The van der Waals surface area contributed by atoms with Crippen molar-refractivity contribution in [2.45, 2.75) is 38.6 Å². The van der Waals surface area contributed by atoms with Crippen LogP contribution >= 0.6 is 11.8 Å². The Labute approximate surface area is 122 Å². The standard InChI is InChI=1S/C16H27NOS/c1-16(2,3)14-8-6-13(7-9-14)15(17)12-19-11-5-10-18-4/h6-9,15H,5,10-12,17H2,1-4H3. The third-order valence-corrected chi connectivity index (χ3v) is 4.31. The molecule has 0 heterocycles. The molecule has 1 unspecified atom stereocenters. The predicted octanol–water partition coefficient (Wildman–Crippen LogP) is 3.75. The summed E-state index contributed by atoms with van der Waals surface area (Å²) in [5.74, 6) is 2.08. The van der Waals surface area contributed by atoms with Crippen molar-refractivity contribution in [2.75, 3.05) is 25.2 Å². The lowest BCUT2D eigenvalue weighted by Gasteiger charge is -2.20. The van der Waals surface area contributed by atoms with Crippen LogP contribution in [0.2, 0.25) is 0 Å². The lowest BCUT2D eigenvalue weighted by Crippen LogP contribution is -2.15. The van der Waals surface area contributed by atoms with Gasteiger partial charge in [-0.2, -0.15) is 11.8 Å². The van der Waals surface area contributed by atoms with E-state index in [1.54, 1.807) is 7.11 Å². The van der Waals surface area contributed by atoms with Gasteiger partial charge in [0.15, 0.2) is 0 Å². The maximum atomic E-state index is 6.22. The number of ether oxygens (including phenoxy) is 1. The molecule has 0 aliphatic carbocycles. The first-order valence-corrected chi connectivity index (χ1v) is 8.03. The van der Waals surface area contributed by atoms with Crippen molar-refractivity contribution in [2.24, 2.45) is 5.73 Å². The smallest absolute Gasteiger partial charge is 0.0470 e. The van der Waals surface area contributed by atoms with Gasteiger partial charge in [0.05, 0.1) is 0 Å². The Morgan fingerprint density at radius 3 is 2.37 bits per heavy atom. The molecule has 0 spiro atoms. The number of thioether (sulfide) groups is 1. The third kappa shape index (κ3) is 5.98. The van der Waals surface area contributed by atoms with Crippen LogP contribution in [-0.4, -0.2) is 25.2 Å². The van der Waals surface area contributed by atoms with Gasteiger partial charge >= 0.3 is 0 Å². The van der Waals surface area contributed by atoms with Gasteiger partial charge in [-0.25, -0.2) is 0 Å². The highest BCUT2D eigenvalue weighted by molar-refractivity contribution is 7.99. The fraction of sp³-hybridized carbons (Fsp3) is 0.625. The van der Waals surface area contributed by atoms with Crippen molar-refractivity contribution in [3.63, 3.8) is 0 Å². The van der Waals surface area contributed by atoms with Crippen molar-refractivity contribution >= 4 is 11.8 Å². The fourth-order valence-corrected chi connectivity index (χ4v) is 2.78. The molecule has 1 rings (SSSR count). The summed E-state index contributed by atoms with van der Waals surface area (Å²) in [6.45, 7) is 7.53. The maximum absolute atomic E-state index is 6.22. The molecule has 0 aliphatic heterocycles. The normalized spacial score (nSPS) is 13.5. The topological polar surface area (TPSA) is 35.2 Å². The summed E-state index contributed by atoms with van der Waals surface area (Å²) < 4.78 is 5.03. The average molecular weight is 281 g/mol. The van der Waals surface area contributed by atoms with Crippen LogP contribution in [0.1, 0.15) is 44.4 Å². The van der Waals surface area contributed by atoms with Crippen LogP contribution in [0.15, 0.2) is 24.3 Å². The molecule has 0 saturated heterocycles. The predicted molar refractivity (Wildman–Crippen MR) is 85.9 cm³/mol. The summed E-state index contributed by atoms with van der Waals surface area (Å²) >= 11 is 1.90. The molecular formula is C16H27NOS. The molecule has 0 amide bonds. The van der Waals surface area contributed by atoms with E-state index in [-0.39, 0.29) is 11.5 Å². The van der Waals surface area contributed by atoms with E-state index in [0.717, 1.165) is 24.5 Å². The molecule has 1 atom stereocenters. The van der Waals surface area contributed by atoms with Crippen LogP contribution in [0.3, 0.4) is 0 Å². The largest absolute Gasteiger partial charge is 0.385 e. The van der Waals surface area contributed by atoms with Crippen LogP contribution in [-0.2, 0) is 10.2 Å². The number of nitrogens with two attached hydrogens (primary N) is 1. The molecule has 0 fully saturated rings. The second-order valence-corrected chi connectivity index (χ2v) is 7.05. The minimum Gasteiger partial charge on any atom is -0.385 e. The van der Waals surface area contributed by atoms with Crippen LogP contribution in [0.5, 0.6) is 0 Å². The number of benzene rings is 1. The SMILES string of the molecule is COCCCSCC(N)c1ccc(C(C)(C)C)cc1. The number of methoxy groups -OCH3 is 1. The second-order valence-electron chi connectivity index (χ2n) is 5.90. The van der Waals surface area contributed by atoms with Crippen LogP contribution in [0, 0.1) is 0 Å². The van der Waals surface area contributed by atoms with E-state index in [9.17, 15) is 0 Å². The molecule has 0 aromatic heterocycles. The summed E-state index contributed by atoms with van der Waals surface area (Å²) in [5, 5.41) is 0. The molecule has 2 nitrogen and oxygen atoms in total. The molecule has 2 N–H and O–H groups in total. The zero-order chi connectivity index (χ0) is 14.3. The molecule has 1 aromatic rings. The van der Waals surface area contributed by atoms with Gasteiger partial charge in [-0.15, -0.1) is 0 Å². The van der Waals surface area contributed by atoms with Gasteiger partial charge < -0.3 is 10.5 Å². The molecular weight excluding hydrogens is 254 g/mol. The number of hydrogen-bond donors (Lipinski definition) is 1. The Morgan fingerprint density at radius 1 is 1.21 bits per heavy atom. The summed E-state index contributed by atoms with van der Waals surface area (Å²) in [4.78, 5) is 0. The van der Waals surface area contributed by atoms with Gasteiger partial charge in [-0.05, 0) is 28.7 Å². The zero-order valence-corrected chi connectivity index (χ0v) is 13.4. The molecule has 0 aliphatic rings. The van der Waals surface area contributed by atoms with Crippen molar-refractivity contribution in [3.05, 3.63) is 35.4 Å². The average Bonchev–Trinajstić information content (AvgIpc) is 2.37. The van der Waals surface area contributed by atoms with E-state index >= 15 is 0 Å². The first kappa shape index (κ1) is 16.5. The zero-order valence-electron chi connectivity index (χ0n) is 12.6. The monoisotopic (exact) mass is 281 g/mol. The molecule has 19 heavy (non-hydrogen) atoms. The van der Waals surface area contributed by atoms with Crippen molar-refractivity contribution < 1.29 is 4.74 Å². The van der Waals surface area contributed by atoms with Gasteiger partial charge in [0.25, 0.3) is 0 Å².